The molecule has 0 aromatic heterocycles. The molecule has 0 aliphatic carbocycles. The second-order valence-corrected chi connectivity index (χ2v) is 5.35. The van der Waals surface area contributed by atoms with E-state index in [2.05, 4.69) is 17.9 Å². The molecule has 0 aliphatic heterocycles. The zero-order valence-corrected chi connectivity index (χ0v) is 12.9. The van der Waals surface area contributed by atoms with Crippen LogP contribution in [0.25, 0.3) is 6.08 Å². The van der Waals surface area contributed by atoms with E-state index >= 15 is 0 Å². The van der Waals surface area contributed by atoms with Gasteiger partial charge < -0.3 is 10.1 Å². The smallest absolute Gasteiger partial charge is 0.336 e. The molecule has 0 aliphatic rings. The topological polar surface area (TPSA) is 72.5 Å². The van der Waals surface area contributed by atoms with Crippen molar-refractivity contribution in [2.24, 2.45) is 0 Å². The number of amides is 1. The molecule has 5 nitrogen and oxygen atoms in total. The van der Waals surface area contributed by atoms with E-state index in [0.717, 1.165) is 0 Å². The molecule has 0 radical (unpaired) electrons. The number of hydrogen-bond acceptors (Lipinski definition) is 4. The minimum atomic E-state index is -1.15. The van der Waals surface area contributed by atoms with Crippen molar-refractivity contribution in [1.82, 2.24) is 5.32 Å². The number of rotatable bonds is 5. The second-order valence-electron chi connectivity index (χ2n) is 4.91. The Morgan fingerprint density at radius 3 is 2.43 bits per heavy atom. The first kappa shape index (κ1) is 17.0. The monoisotopic (exact) mass is 307 g/mol. The van der Waals surface area contributed by atoms with Gasteiger partial charge in [-0.05, 0) is 32.1 Å². The Hall–Kier alpha value is -2.08. The largest absolute Gasteiger partial charge is 0.424 e. The Morgan fingerprint density at radius 1 is 1.24 bits per heavy atom. The minimum Gasteiger partial charge on any atom is -0.424 e. The molecule has 112 valence electrons. The van der Waals surface area contributed by atoms with Crippen LogP contribution in [-0.4, -0.2) is 22.5 Å². The van der Waals surface area contributed by atoms with Gasteiger partial charge in [-0.15, -0.1) is 12.6 Å². The van der Waals surface area contributed by atoms with E-state index in [1.807, 2.05) is 0 Å². The summed E-state index contributed by atoms with van der Waals surface area (Å²) in [5, 5.41) is 2.10. The first-order chi connectivity index (χ1) is 9.72. The Kier molecular flexibility index (Phi) is 5.72. The van der Waals surface area contributed by atoms with E-state index in [1.54, 1.807) is 38.1 Å². The summed E-state index contributed by atoms with van der Waals surface area (Å²) in [7, 11) is 0. The number of hydrogen-bond donors (Lipinski definition) is 2. The van der Waals surface area contributed by atoms with Crippen LogP contribution in [0.1, 0.15) is 26.3 Å². The van der Waals surface area contributed by atoms with Gasteiger partial charge in [0.15, 0.2) is 0 Å². The van der Waals surface area contributed by atoms with Gasteiger partial charge in [0.05, 0.1) is 0 Å². The van der Waals surface area contributed by atoms with Crippen molar-refractivity contribution < 1.29 is 19.1 Å². The molecule has 1 N–H and O–H groups in total. The molecule has 0 bridgehead atoms. The van der Waals surface area contributed by atoms with Crippen molar-refractivity contribution in [2.75, 3.05) is 0 Å². The molecule has 0 fully saturated rings. The highest BCUT2D eigenvalue weighted by molar-refractivity contribution is 7.97. The lowest BCUT2D eigenvalue weighted by atomic mass is 10.1. The normalized spacial score (nSPS) is 11.2. The minimum absolute atomic E-state index is 0.298. The maximum atomic E-state index is 12.1. The summed E-state index contributed by atoms with van der Waals surface area (Å²) in [5.41, 5.74) is -0.589. The maximum absolute atomic E-state index is 12.1. The summed E-state index contributed by atoms with van der Waals surface area (Å²) >= 11 is 3.64. The highest BCUT2D eigenvalue weighted by Crippen LogP contribution is 2.21. The van der Waals surface area contributed by atoms with Crippen molar-refractivity contribution >= 4 is 35.7 Å². The number of thiol groups is 1. The van der Waals surface area contributed by atoms with Crippen LogP contribution in [0.3, 0.4) is 0 Å². The number of benzene rings is 1. The van der Waals surface area contributed by atoms with Crippen molar-refractivity contribution in [2.45, 2.75) is 26.3 Å². The summed E-state index contributed by atoms with van der Waals surface area (Å²) < 4.78 is 5.30. The van der Waals surface area contributed by atoms with E-state index in [0.29, 0.717) is 11.3 Å². The molecule has 0 heterocycles. The summed E-state index contributed by atoms with van der Waals surface area (Å²) in [6.07, 6.45) is 2.76. The number of esters is 1. The molecule has 1 rings (SSSR count). The Balaban J connectivity index is 2.95. The third-order valence-electron chi connectivity index (χ3n) is 2.53. The molecule has 1 amide bonds. The van der Waals surface area contributed by atoms with Gasteiger partial charge in [-0.3, -0.25) is 9.59 Å². The summed E-state index contributed by atoms with van der Waals surface area (Å²) in [6.45, 7) is 4.42. The first-order valence-electron chi connectivity index (χ1n) is 6.23. The third-order valence-corrected chi connectivity index (χ3v) is 2.68. The van der Waals surface area contributed by atoms with Gasteiger partial charge in [0.25, 0.3) is 0 Å². The maximum Gasteiger partial charge on any atom is 0.336 e. The Labute approximate surface area is 128 Å². The number of nitrogens with one attached hydrogen (secondary N) is 1. The van der Waals surface area contributed by atoms with Crippen molar-refractivity contribution in [1.29, 1.82) is 0 Å². The predicted molar refractivity (Wildman–Crippen MR) is 83.0 cm³/mol. The van der Waals surface area contributed by atoms with E-state index in [9.17, 15) is 14.4 Å². The second kappa shape index (κ2) is 7.08. The molecular weight excluding hydrogens is 290 g/mol. The van der Waals surface area contributed by atoms with Crippen LogP contribution >= 0.6 is 12.6 Å². The van der Waals surface area contributed by atoms with Crippen molar-refractivity contribution in [3.8, 4) is 5.75 Å². The standard InChI is InChI=1S/C15H17NO4S/c1-10(17)16-15(2,3)14(19)20-12-7-5-4-6-11(12)8-9-13(18)21/h4-9H,1-3H3,(H,16,17)(H,18,21)/b9-8-. The molecular formula is C15H17NO4S. The van der Waals surface area contributed by atoms with Gasteiger partial charge >= 0.3 is 5.97 Å². The molecule has 1 aromatic rings. The lowest BCUT2D eigenvalue weighted by molar-refractivity contribution is -0.143. The van der Waals surface area contributed by atoms with Crippen LogP contribution in [-0.2, 0) is 14.4 Å². The lowest BCUT2D eigenvalue weighted by Crippen LogP contribution is -2.51. The molecule has 1 aromatic carbocycles. The summed E-state index contributed by atoms with van der Waals surface area (Å²) in [4.78, 5) is 34.1. The van der Waals surface area contributed by atoms with E-state index in [4.69, 9.17) is 4.74 Å². The highest BCUT2D eigenvalue weighted by atomic mass is 32.1. The molecule has 0 saturated heterocycles. The van der Waals surface area contributed by atoms with Gasteiger partial charge in [-0.25, -0.2) is 4.79 Å². The van der Waals surface area contributed by atoms with Gasteiger partial charge in [-0.1, -0.05) is 18.2 Å². The number of ether oxygens (including phenoxy) is 1. The molecule has 21 heavy (non-hydrogen) atoms. The van der Waals surface area contributed by atoms with Crippen LogP contribution in [0.2, 0.25) is 0 Å². The van der Waals surface area contributed by atoms with Crippen LogP contribution in [0.5, 0.6) is 5.75 Å². The first-order valence-corrected chi connectivity index (χ1v) is 6.68. The van der Waals surface area contributed by atoms with Gasteiger partial charge in [0.1, 0.15) is 11.3 Å². The quantitative estimate of drug-likeness (QED) is 0.377. The molecule has 0 spiro atoms. The summed E-state index contributed by atoms with van der Waals surface area (Å²) in [6, 6.07) is 6.75. The predicted octanol–water partition coefficient (Wildman–Crippen LogP) is 1.98. The molecule has 6 heteroatoms. The van der Waals surface area contributed by atoms with Crippen LogP contribution in [0.4, 0.5) is 0 Å². The van der Waals surface area contributed by atoms with Crippen LogP contribution in [0, 0.1) is 0 Å². The van der Waals surface area contributed by atoms with Gasteiger partial charge in [-0.2, -0.15) is 0 Å². The zero-order valence-electron chi connectivity index (χ0n) is 12.0. The average molecular weight is 307 g/mol. The molecule has 0 saturated carbocycles. The third kappa shape index (κ3) is 5.43. The fourth-order valence-corrected chi connectivity index (χ4v) is 1.67. The number of para-hydroxylation sites is 1. The van der Waals surface area contributed by atoms with Crippen molar-refractivity contribution in [3.05, 3.63) is 35.9 Å². The Bertz CT molecular complexity index is 593. The van der Waals surface area contributed by atoms with Gasteiger partial charge in [0, 0.05) is 12.5 Å². The van der Waals surface area contributed by atoms with Crippen molar-refractivity contribution in [3.63, 3.8) is 0 Å². The van der Waals surface area contributed by atoms with Gasteiger partial charge in [0.2, 0.25) is 11.0 Å². The summed E-state index contributed by atoms with van der Waals surface area (Å²) in [5.74, 6) is -0.631. The fourth-order valence-electron chi connectivity index (χ4n) is 1.59. The lowest BCUT2D eigenvalue weighted by Gasteiger charge is -2.23. The van der Waals surface area contributed by atoms with Crippen LogP contribution in [0.15, 0.2) is 30.3 Å². The average Bonchev–Trinajstić information content (AvgIpc) is 2.36. The molecule has 0 unspecified atom stereocenters. The SMILES string of the molecule is CC(=O)NC(C)(C)C(=O)Oc1ccccc1/C=C\C(=O)S. The molecule has 0 atom stereocenters. The van der Waals surface area contributed by atoms with E-state index in [1.165, 1.54) is 19.1 Å². The highest BCUT2D eigenvalue weighted by Gasteiger charge is 2.30. The Morgan fingerprint density at radius 2 is 1.86 bits per heavy atom. The fraction of sp³-hybridized carbons (Fsp3) is 0.267. The number of carbonyl (C=O) groups is 3. The van der Waals surface area contributed by atoms with E-state index in [-0.39, 0.29) is 5.91 Å². The zero-order chi connectivity index (χ0) is 16.0. The van der Waals surface area contributed by atoms with Crippen LogP contribution < -0.4 is 10.1 Å². The van der Waals surface area contributed by atoms with E-state index < -0.39 is 16.6 Å². The number of carbonyl (C=O) groups excluding carboxylic acids is 3.